The van der Waals surface area contributed by atoms with Gasteiger partial charge < -0.3 is 5.32 Å². The maximum atomic E-state index is 4.87. The smallest absolute Gasteiger partial charge is 0.1000 e. The van der Waals surface area contributed by atoms with Crippen molar-refractivity contribution in [1.29, 1.82) is 0 Å². The first kappa shape index (κ1) is 30.8. The van der Waals surface area contributed by atoms with Gasteiger partial charge in [-0.05, 0) is 53.7 Å². The molecule has 0 saturated heterocycles. The van der Waals surface area contributed by atoms with Crippen LogP contribution in [0.25, 0.3) is 5.32 Å². The van der Waals surface area contributed by atoms with Gasteiger partial charge >= 0.3 is 0 Å². The SMILES string of the molecule is CC(C)(C)[N-]Cc1cccc(C[PH+](C(C)(C)C)C(C)(C)C)n1.[Co].[Co].[Mn]. The summed E-state index contributed by atoms with van der Waals surface area (Å²) >= 11 is 0. The molecule has 1 aromatic rings. The number of rotatable bonds is 4. The van der Waals surface area contributed by atoms with Gasteiger partial charge in [-0.25, -0.2) is 0 Å². The topological polar surface area (TPSA) is 27.0 Å². The van der Waals surface area contributed by atoms with Crippen LogP contribution in [0.5, 0.6) is 0 Å². The van der Waals surface area contributed by atoms with E-state index >= 15 is 0 Å². The van der Waals surface area contributed by atoms with Crippen molar-refractivity contribution in [2.24, 2.45) is 0 Å². The van der Waals surface area contributed by atoms with Crippen molar-refractivity contribution < 1.29 is 50.6 Å². The fourth-order valence-corrected chi connectivity index (χ4v) is 6.74. The van der Waals surface area contributed by atoms with E-state index in [4.69, 9.17) is 10.3 Å². The maximum absolute atomic E-state index is 4.87. The summed E-state index contributed by atoms with van der Waals surface area (Å²) < 4.78 is 0. The molecule has 1 rings (SSSR count). The molecule has 0 N–H and O–H groups in total. The van der Waals surface area contributed by atoms with E-state index in [1.807, 2.05) is 0 Å². The summed E-state index contributed by atoms with van der Waals surface area (Å²) in [5.74, 6) is 0. The van der Waals surface area contributed by atoms with Crippen LogP contribution in [0.2, 0.25) is 0 Å². The van der Waals surface area contributed by atoms with Crippen molar-refractivity contribution in [3.63, 3.8) is 0 Å². The fraction of sp³-hybridized carbons (Fsp3) is 0.737. The van der Waals surface area contributed by atoms with E-state index in [0.29, 0.717) is 16.9 Å². The van der Waals surface area contributed by atoms with Crippen LogP contribution in [0.4, 0.5) is 0 Å². The van der Waals surface area contributed by atoms with Gasteiger partial charge in [-0.2, -0.15) is 0 Å². The average Bonchev–Trinajstić information content (AvgIpc) is 2.30. The maximum Gasteiger partial charge on any atom is 0.1000 e. The van der Waals surface area contributed by atoms with E-state index in [1.54, 1.807) is 0 Å². The van der Waals surface area contributed by atoms with E-state index in [2.05, 4.69) is 80.5 Å². The van der Waals surface area contributed by atoms with Crippen LogP contribution in [0, 0.1) is 0 Å². The monoisotopic (exact) mass is 495 g/mol. The summed E-state index contributed by atoms with van der Waals surface area (Å²) in [5, 5.41) is 5.43. The minimum absolute atomic E-state index is 0. The Kier molecular flexibility index (Phi) is 14.5. The Morgan fingerprint density at radius 3 is 1.68 bits per heavy atom. The number of hydrogen-bond acceptors (Lipinski definition) is 1. The van der Waals surface area contributed by atoms with Gasteiger partial charge in [0.15, 0.2) is 0 Å². The molecule has 1 aromatic heterocycles. The van der Waals surface area contributed by atoms with Crippen molar-refractivity contribution >= 4 is 7.92 Å². The van der Waals surface area contributed by atoms with Gasteiger partial charge in [0.1, 0.15) is 0 Å². The van der Waals surface area contributed by atoms with E-state index in [-0.39, 0.29) is 56.2 Å². The molecule has 6 heteroatoms. The summed E-state index contributed by atoms with van der Waals surface area (Å²) in [5.41, 5.74) is 2.33. The summed E-state index contributed by atoms with van der Waals surface area (Å²) in [6.07, 6.45) is 1.13. The van der Waals surface area contributed by atoms with Crippen molar-refractivity contribution in [3.8, 4) is 0 Å². The van der Waals surface area contributed by atoms with Crippen molar-refractivity contribution in [1.82, 2.24) is 4.98 Å². The second-order valence-electron chi connectivity index (χ2n) is 9.26. The quantitative estimate of drug-likeness (QED) is 0.369. The zero-order chi connectivity index (χ0) is 17.2. The van der Waals surface area contributed by atoms with Crippen LogP contribution >= 0.6 is 7.92 Å². The first-order valence-corrected chi connectivity index (χ1v) is 10.00. The molecule has 0 fully saturated rings. The summed E-state index contributed by atoms with van der Waals surface area (Å²) in [6, 6.07) is 6.42. The van der Waals surface area contributed by atoms with Gasteiger partial charge in [0.05, 0.1) is 22.2 Å². The predicted molar refractivity (Wildman–Crippen MR) is 103 cm³/mol. The Labute approximate surface area is 188 Å². The molecule has 2 nitrogen and oxygen atoms in total. The standard InChI is InChI=1S/C19H34N2P.2Co.Mn/c1-17(2,3)20-13-15-11-10-12-16(21-15)14-22(18(4,5)6)19(7,8)9;;;/h10-12H,13-14H2,1-9H3;;;/q-1;;;/p+1. The molecular weight excluding hydrogens is 460 g/mol. The molecule has 0 bridgehead atoms. The van der Waals surface area contributed by atoms with E-state index < -0.39 is 7.92 Å². The Morgan fingerprint density at radius 2 is 1.28 bits per heavy atom. The second-order valence-corrected chi connectivity index (χ2v) is 13.6. The Morgan fingerprint density at radius 1 is 0.840 bits per heavy atom. The van der Waals surface area contributed by atoms with Crippen molar-refractivity contribution in [2.45, 2.75) is 90.9 Å². The first-order chi connectivity index (χ1) is 9.79. The van der Waals surface area contributed by atoms with Crippen LogP contribution in [0.15, 0.2) is 18.2 Å². The molecule has 0 aliphatic heterocycles. The van der Waals surface area contributed by atoms with E-state index in [1.165, 1.54) is 5.69 Å². The second kappa shape index (κ2) is 11.8. The zero-order valence-corrected chi connectivity index (χ0v) is 21.3. The first-order valence-electron chi connectivity index (χ1n) is 8.29. The molecule has 25 heavy (non-hydrogen) atoms. The van der Waals surface area contributed by atoms with E-state index in [9.17, 15) is 0 Å². The van der Waals surface area contributed by atoms with Gasteiger partial charge in [-0.1, -0.05) is 26.8 Å². The molecule has 0 aromatic carbocycles. The van der Waals surface area contributed by atoms with Crippen LogP contribution in [0.1, 0.15) is 73.7 Å². The third-order valence-corrected chi connectivity index (χ3v) is 8.09. The predicted octanol–water partition coefficient (Wildman–Crippen LogP) is 6.06. The molecule has 0 atom stereocenters. The molecule has 0 spiro atoms. The fourth-order valence-electron chi connectivity index (χ4n) is 2.87. The Bertz CT molecular complexity index is 477. The molecule has 151 valence electrons. The van der Waals surface area contributed by atoms with Gasteiger partial charge in [0, 0.05) is 64.2 Å². The van der Waals surface area contributed by atoms with Crippen LogP contribution in [-0.4, -0.2) is 20.8 Å². The summed E-state index contributed by atoms with van der Waals surface area (Å²) in [4.78, 5) is 4.87. The number of aromatic nitrogens is 1. The molecule has 0 aliphatic carbocycles. The normalized spacial score (nSPS) is 12.1. The van der Waals surface area contributed by atoms with Gasteiger partial charge in [0.25, 0.3) is 0 Å². The molecular formula is C19H35Co2MnN2P. The minimum Gasteiger partial charge on any atom is -0.652 e. The molecule has 1 heterocycles. The molecule has 0 aliphatic rings. The van der Waals surface area contributed by atoms with Crippen LogP contribution < -0.4 is 0 Å². The Hall–Kier alpha value is 1.07. The minimum atomic E-state index is -0.580. The number of nitrogens with zero attached hydrogens (tertiary/aromatic N) is 2. The van der Waals surface area contributed by atoms with Gasteiger partial charge in [0.2, 0.25) is 0 Å². The third-order valence-electron chi connectivity index (χ3n) is 3.75. The van der Waals surface area contributed by atoms with Crippen molar-refractivity contribution in [3.05, 3.63) is 34.9 Å². The number of pyridine rings is 1. The van der Waals surface area contributed by atoms with E-state index in [0.717, 1.165) is 11.9 Å². The Balaban J connectivity index is -0.00000161. The molecule has 0 unspecified atom stereocenters. The van der Waals surface area contributed by atoms with Crippen LogP contribution in [0.3, 0.4) is 0 Å². The van der Waals surface area contributed by atoms with Crippen LogP contribution in [-0.2, 0) is 63.3 Å². The summed E-state index contributed by atoms with van der Waals surface area (Å²) in [7, 11) is -0.580. The average molecular weight is 495 g/mol. The van der Waals surface area contributed by atoms with Gasteiger partial charge in [-0.3, -0.25) is 4.98 Å². The molecule has 0 saturated carbocycles. The molecule has 3 radical (unpaired) electrons. The summed E-state index contributed by atoms with van der Waals surface area (Å²) in [6.45, 7) is 21.4. The number of hydrogen-bond donors (Lipinski definition) is 0. The molecule has 0 amide bonds. The largest absolute Gasteiger partial charge is 0.652 e. The van der Waals surface area contributed by atoms with Crippen molar-refractivity contribution in [2.75, 3.05) is 0 Å². The third kappa shape index (κ3) is 12.2. The zero-order valence-electron chi connectivity index (χ0n) is 17.1. The van der Waals surface area contributed by atoms with Gasteiger partial charge in [-0.15, -0.1) is 12.1 Å².